The van der Waals surface area contributed by atoms with E-state index in [2.05, 4.69) is 15.4 Å². The van der Waals surface area contributed by atoms with Crippen LogP contribution in [0.3, 0.4) is 0 Å². The minimum absolute atomic E-state index is 0.0254. The maximum absolute atomic E-state index is 12.0. The number of hydrogen-bond acceptors (Lipinski definition) is 6. The number of nitrogens with one attached hydrogen (secondary N) is 1. The van der Waals surface area contributed by atoms with Gasteiger partial charge in [0.1, 0.15) is 0 Å². The Morgan fingerprint density at radius 3 is 2.74 bits per heavy atom. The first-order chi connectivity index (χ1) is 11.2. The molecule has 2 heterocycles. The lowest BCUT2D eigenvalue weighted by Crippen LogP contribution is -2.34. The number of aliphatic hydroxyl groups is 1. The van der Waals surface area contributed by atoms with E-state index in [-0.39, 0.29) is 19.1 Å². The summed E-state index contributed by atoms with van der Waals surface area (Å²) in [4.78, 5) is 16.3. The second-order valence-corrected chi connectivity index (χ2v) is 4.76. The van der Waals surface area contributed by atoms with Crippen LogP contribution in [0.4, 0.5) is 0 Å². The quantitative estimate of drug-likeness (QED) is 0.678. The predicted octanol–water partition coefficient (Wildman–Crippen LogP) is 0.286. The standard InChI is InChI=1S/C15H20N4O4/c1-22-14(23-2)9-17-15(21)11-3-4-13(16-7-11)12-8-18-19(10-12)5-6-20/h3-4,7-8,10,14,20H,5-6,9H2,1-2H3,(H,17,21). The van der Waals surface area contributed by atoms with Crippen molar-refractivity contribution in [3.63, 3.8) is 0 Å². The fourth-order valence-corrected chi connectivity index (χ4v) is 1.96. The lowest BCUT2D eigenvalue weighted by molar-refractivity contribution is -0.0974. The SMILES string of the molecule is COC(CNC(=O)c1ccc(-c2cnn(CCO)c2)nc1)OC. The van der Waals surface area contributed by atoms with E-state index in [1.165, 1.54) is 20.4 Å². The molecule has 0 aliphatic heterocycles. The first kappa shape index (κ1) is 17.1. The molecular formula is C15H20N4O4. The van der Waals surface area contributed by atoms with Crippen LogP contribution in [-0.2, 0) is 16.0 Å². The number of pyridine rings is 1. The van der Waals surface area contributed by atoms with Gasteiger partial charge in [0, 0.05) is 32.2 Å². The minimum Gasteiger partial charge on any atom is -0.394 e. The molecule has 0 saturated heterocycles. The van der Waals surface area contributed by atoms with Crippen molar-refractivity contribution in [2.45, 2.75) is 12.8 Å². The van der Waals surface area contributed by atoms with Gasteiger partial charge >= 0.3 is 0 Å². The molecular weight excluding hydrogens is 300 g/mol. The third-order valence-corrected chi connectivity index (χ3v) is 3.24. The molecule has 0 atom stereocenters. The molecule has 0 aliphatic rings. The first-order valence-electron chi connectivity index (χ1n) is 7.11. The molecule has 0 unspecified atom stereocenters. The Bertz CT molecular complexity index is 623. The van der Waals surface area contributed by atoms with Gasteiger partial charge in [-0.1, -0.05) is 0 Å². The molecule has 0 aromatic carbocycles. The first-order valence-corrected chi connectivity index (χ1v) is 7.11. The molecule has 0 spiro atoms. The molecule has 8 nitrogen and oxygen atoms in total. The van der Waals surface area contributed by atoms with Crippen molar-refractivity contribution in [3.05, 3.63) is 36.3 Å². The van der Waals surface area contributed by atoms with E-state index in [4.69, 9.17) is 14.6 Å². The molecule has 1 amide bonds. The van der Waals surface area contributed by atoms with Crippen LogP contribution in [0.5, 0.6) is 0 Å². The van der Waals surface area contributed by atoms with Gasteiger partial charge in [-0.2, -0.15) is 5.10 Å². The molecule has 2 aromatic heterocycles. The van der Waals surface area contributed by atoms with Gasteiger partial charge in [0.25, 0.3) is 5.91 Å². The van der Waals surface area contributed by atoms with Gasteiger partial charge in [-0.25, -0.2) is 0 Å². The summed E-state index contributed by atoms with van der Waals surface area (Å²) in [7, 11) is 3.02. The van der Waals surface area contributed by atoms with Crippen molar-refractivity contribution in [2.75, 3.05) is 27.4 Å². The maximum atomic E-state index is 12.0. The van der Waals surface area contributed by atoms with Crippen LogP contribution in [0, 0.1) is 0 Å². The molecule has 8 heteroatoms. The molecule has 0 bridgehead atoms. The largest absolute Gasteiger partial charge is 0.394 e. The van der Waals surface area contributed by atoms with Gasteiger partial charge in [0.05, 0.1) is 37.2 Å². The zero-order chi connectivity index (χ0) is 16.7. The average molecular weight is 320 g/mol. The summed E-state index contributed by atoms with van der Waals surface area (Å²) in [5.74, 6) is -0.251. The second kappa shape index (κ2) is 8.37. The van der Waals surface area contributed by atoms with Gasteiger partial charge < -0.3 is 19.9 Å². The molecule has 2 N–H and O–H groups in total. The van der Waals surface area contributed by atoms with E-state index in [1.54, 1.807) is 29.2 Å². The summed E-state index contributed by atoms with van der Waals surface area (Å²) in [5, 5.41) is 15.7. The van der Waals surface area contributed by atoms with Crippen LogP contribution in [0.15, 0.2) is 30.7 Å². The molecule has 2 rings (SSSR count). The summed E-state index contributed by atoms with van der Waals surface area (Å²) in [6.07, 6.45) is 4.48. The monoisotopic (exact) mass is 320 g/mol. The number of nitrogens with zero attached hydrogens (tertiary/aromatic N) is 3. The van der Waals surface area contributed by atoms with Crippen LogP contribution >= 0.6 is 0 Å². The number of carbonyl (C=O) groups is 1. The summed E-state index contributed by atoms with van der Waals surface area (Å²) < 4.78 is 11.6. The highest BCUT2D eigenvalue weighted by Crippen LogP contribution is 2.16. The van der Waals surface area contributed by atoms with Gasteiger partial charge in [0.15, 0.2) is 6.29 Å². The van der Waals surface area contributed by atoms with Gasteiger partial charge in [-0.05, 0) is 12.1 Å². The predicted molar refractivity (Wildman–Crippen MR) is 82.7 cm³/mol. The highest BCUT2D eigenvalue weighted by molar-refractivity contribution is 5.94. The summed E-state index contributed by atoms with van der Waals surface area (Å²) in [6, 6.07) is 3.44. The van der Waals surface area contributed by atoms with Crippen molar-refractivity contribution in [3.8, 4) is 11.3 Å². The molecule has 0 saturated carbocycles. The number of carbonyl (C=O) groups excluding carboxylic acids is 1. The fourth-order valence-electron chi connectivity index (χ4n) is 1.96. The van der Waals surface area contributed by atoms with E-state index in [9.17, 15) is 4.79 Å². The zero-order valence-electron chi connectivity index (χ0n) is 13.1. The number of rotatable bonds is 8. The fraction of sp³-hybridized carbons (Fsp3) is 0.400. The number of amides is 1. The van der Waals surface area contributed by atoms with Crippen molar-refractivity contribution >= 4 is 5.91 Å². The van der Waals surface area contributed by atoms with E-state index in [1.807, 2.05) is 0 Å². The third-order valence-electron chi connectivity index (χ3n) is 3.24. The van der Waals surface area contributed by atoms with E-state index in [0.29, 0.717) is 17.8 Å². The van der Waals surface area contributed by atoms with Gasteiger partial charge in [0.2, 0.25) is 0 Å². The number of aliphatic hydroxyl groups excluding tert-OH is 1. The minimum atomic E-state index is -0.483. The third kappa shape index (κ3) is 4.59. The average Bonchev–Trinajstić information content (AvgIpc) is 3.05. The second-order valence-electron chi connectivity index (χ2n) is 4.76. The topological polar surface area (TPSA) is 98.5 Å². The highest BCUT2D eigenvalue weighted by atomic mass is 16.7. The Morgan fingerprint density at radius 2 is 2.13 bits per heavy atom. The summed E-state index contributed by atoms with van der Waals surface area (Å²) >= 11 is 0. The number of aromatic nitrogens is 3. The number of ether oxygens (including phenoxy) is 2. The Labute approximate surface area is 134 Å². The Hall–Kier alpha value is -2.29. The summed E-state index contributed by atoms with van der Waals surface area (Å²) in [6.45, 7) is 0.708. The number of methoxy groups -OCH3 is 2. The van der Waals surface area contributed by atoms with Crippen LogP contribution in [-0.4, -0.2) is 59.4 Å². The van der Waals surface area contributed by atoms with E-state index < -0.39 is 6.29 Å². The molecule has 2 aromatic rings. The van der Waals surface area contributed by atoms with E-state index in [0.717, 1.165) is 5.56 Å². The van der Waals surface area contributed by atoms with Gasteiger partial charge in [-0.3, -0.25) is 14.5 Å². The van der Waals surface area contributed by atoms with Crippen LogP contribution in [0.25, 0.3) is 11.3 Å². The smallest absolute Gasteiger partial charge is 0.253 e. The Kier molecular flexibility index (Phi) is 6.21. The lowest BCUT2D eigenvalue weighted by Gasteiger charge is -2.13. The van der Waals surface area contributed by atoms with Gasteiger partial charge in [-0.15, -0.1) is 0 Å². The molecule has 0 aliphatic carbocycles. The molecule has 23 heavy (non-hydrogen) atoms. The molecule has 124 valence electrons. The lowest BCUT2D eigenvalue weighted by atomic mass is 10.2. The van der Waals surface area contributed by atoms with Crippen molar-refractivity contribution < 1.29 is 19.4 Å². The zero-order valence-corrected chi connectivity index (χ0v) is 13.1. The Morgan fingerprint density at radius 1 is 1.35 bits per heavy atom. The molecule has 0 radical (unpaired) electrons. The normalized spacial score (nSPS) is 11.0. The van der Waals surface area contributed by atoms with Crippen molar-refractivity contribution in [1.82, 2.24) is 20.1 Å². The van der Waals surface area contributed by atoms with Crippen molar-refractivity contribution in [1.29, 1.82) is 0 Å². The van der Waals surface area contributed by atoms with Crippen LogP contribution < -0.4 is 5.32 Å². The Balaban J connectivity index is 1.99. The van der Waals surface area contributed by atoms with E-state index >= 15 is 0 Å². The molecule has 0 fully saturated rings. The van der Waals surface area contributed by atoms with Crippen molar-refractivity contribution in [2.24, 2.45) is 0 Å². The van der Waals surface area contributed by atoms with Crippen LogP contribution in [0.1, 0.15) is 10.4 Å². The number of hydrogen-bond donors (Lipinski definition) is 2. The highest BCUT2D eigenvalue weighted by Gasteiger charge is 2.11. The summed E-state index contributed by atoms with van der Waals surface area (Å²) in [5.41, 5.74) is 1.98. The maximum Gasteiger partial charge on any atom is 0.253 e. The van der Waals surface area contributed by atoms with Crippen LogP contribution in [0.2, 0.25) is 0 Å².